The second-order valence-corrected chi connectivity index (χ2v) is 44.7. The second-order valence-electron chi connectivity index (χ2n) is 35.6. The molecule has 27 atom stereocenters. The van der Waals surface area contributed by atoms with Crippen LogP contribution in [0.2, 0.25) is 0 Å². The third kappa shape index (κ3) is 12.9. The van der Waals surface area contributed by atoms with E-state index in [4.69, 9.17) is 49.3 Å². The number of methoxy groups -OCH3 is 1. The minimum atomic E-state index is -4.67. The van der Waals surface area contributed by atoms with Crippen molar-refractivity contribution in [1.82, 2.24) is 0 Å². The molecule has 5 aliphatic heterocycles. The van der Waals surface area contributed by atoms with Crippen LogP contribution in [0.15, 0.2) is 0 Å². The van der Waals surface area contributed by atoms with Gasteiger partial charge < -0.3 is 28.4 Å². The number of alkyl halides is 3. The van der Waals surface area contributed by atoms with Gasteiger partial charge in [-0.1, -0.05) is 34.6 Å². The summed E-state index contributed by atoms with van der Waals surface area (Å²) in [5.74, 6) is -8.72. The van der Waals surface area contributed by atoms with Crippen LogP contribution < -0.4 is 0 Å². The predicted octanol–water partition coefficient (Wildman–Crippen LogP) is 7.72. The van der Waals surface area contributed by atoms with Crippen molar-refractivity contribution in [3.05, 3.63) is 0 Å². The van der Waals surface area contributed by atoms with Gasteiger partial charge in [-0.05, 0) is 160 Å². The van der Waals surface area contributed by atoms with Gasteiger partial charge in [0.25, 0.3) is 50.6 Å². The number of nitrogens with zero attached hydrogens (tertiary/aromatic N) is 2. The monoisotopic (exact) mass is 1630 g/mol. The molecule has 10 bridgehead atoms. The summed E-state index contributed by atoms with van der Waals surface area (Å²) in [7, 11) is -18.3. The lowest BCUT2D eigenvalue weighted by atomic mass is 9.83. The van der Waals surface area contributed by atoms with Crippen molar-refractivity contribution < 1.29 is 133 Å². The number of carbonyl (C=O) groups excluding carboxylic acids is 6. The summed E-state index contributed by atoms with van der Waals surface area (Å²) in [4.78, 5) is 73.4. The molecule has 0 aromatic rings. The summed E-state index contributed by atoms with van der Waals surface area (Å²) < 4.78 is 216. The fourth-order valence-electron chi connectivity index (χ4n) is 19.3. The molecular formula is C71H101F3N2O27S5. The van der Waals surface area contributed by atoms with Crippen molar-refractivity contribution >= 4 is 86.4 Å². The molecule has 108 heavy (non-hydrogen) atoms. The zero-order chi connectivity index (χ0) is 80.7. The summed E-state index contributed by atoms with van der Waals surface area (Å²) in [5, 5.41) is 16.3. The first-order valence-electron chi connectivity index (χ1n) is 37.2. The maximum absolute atomic E-state index is 13.4. The summed E-state index contributed by atoms with van der Waals surface area (Å²) in [6, 6.07) is 4.04. The van der Waals surface area contributed by atoms with E-state index in [1.807, 2.05) is 47.6 Å². The molecule has 5 saturated heterocycles. The lowest BCUT2D eigenvalue weighted by molar-refractivity contribution is -0.205. The van der Waals surface area contributed by atoms with Crippen LogP contribution in [0, 0.1) is 121 Å². The number of fused-ring (bicyclic) bond motifs is 5. The molecule has 15 aliphatic rings. The Labute approximate surface area is 630 Å². The highest BCUT2D eigenvalue weighted by atomic mass is 32.2. The smallest absolute Gasteiger partial charge is 0.393 e. The average molecular weight is 1630 g/mol. The first kappa shape index (κ1) is 84.1. The minimum absolute atomic E-state index is 0.0277. The zero-order valence-corrected chi connectivity index (χ0v) is 67.7. The molecular weight excluding hydrogens is 1530 g/mol. The fraction of sp³-hybridized carbons (Fsp3) is 0.887. The molecule has 10 aliphatic carbocycles. The first-order valence-corrected chi connectivity index (χ1v) is 44.3. The standard InChI is InChI=1S/C15H22O7S.C14H19F3O5S.2C14H19NO5S.C14H22O5S/c1-5-14(2,3)12(16)21-10-8-6-9-11(10)22-23(18,19)15(9,7-8)13(17)20-4;1-4-13(2,3)12(18)21-9-6-5-7-10(9)22-23(19,20)11(7)8(6)14(15,16)17;1-4-13(2,3)12(16)19-10-8-5-9-11(10)20-21(17,18)14(9,6-8)7-15;1-4-14(2,3)13(16)19-10-7-5-8-11(10)20-21(17,18)12(8)9(7)6-15;1-5-13(2,3)12(15)18-10-8-6-9-11(10)19-20(16,17)14(9,4)7-8/h8-11H,5-7H2,1-4H3;6-11H,4-5H2,1-3H3;8-11H,4-6H2,1-3H3;7-12H,4-5H2,1-3H3;8-11H,5-7H2,1-4H3. The van der Waals surface area contributed by atoms with Gasteiger partial charge in [-0.25, -0.2) is 0 Å². The lowest BCUT2D eigenvalue weighted by Gasteiger charge is -2.34. The number of halogens is 3. The van der Waals surface area contributed by atoms with E-state index in [1.165, 1.54) is 7.11 Å². The number of ether oxygens (including phenoxy) is 6. The van der Waals surface area contributed by atoms with E-state index in [0.717, 1.165) is 6.42 Å². The van der Waals surface area contributed by atoms with Crippen LogP contribution in [-0.4, -0.2) is 177 Å². The van der Waals surface area contributed by atoms with Gasteiger partial charge in [-0.3, -0.25) is 49.7 Å². The van der Waals surface area contributed by atoms with Gasteiger partial charge >= 0.3 is 42.0 Å². The summed E-state index contributed by atoms with van der Waals surface area (Å²) in [6.45, 7) is 28.9. The van der Waals surface area contributed by atoms with E-state index in [2.05, 4.69) is 6.07 Å². The molecule has 10 saturated carbocycles. The number of rotatable bonds is 16. The zero-order valence-electron chi connectivity index (χ0n) is 63.6. The molecule has 15 fully saturated rings. The van der Waals surface area contributed by atoms with Crippen molar-refractivity contribution in [2.24, 2.45) is 98.1 Å². The predicted molar refractivity (Wildman–Crippen MR) is 368 cm³/mol. The molecule has 0 aromatic carbocycles. The van der Waals surface area contributed by atoms with Gasteiger partial charge in [0.05, 0.1) is 58.2 Å². The molecule has 0 radical (unpaired) electrons. The van der Waals surface area contributed by atoms with Gasteiger partial charge in [-0.2, -0.15) is 65.8 Å². The normalized spacial score (nSPS) is 42.3. The Bertz CT molecular complexity index is 4360. The molecule has 37 heteroatoms. The highest BCUT2D eigenvalue weighted by Gasteiger charge is 2.80. The highest BCUT2D eigenvalue weighted by Crippen LogP contribution is 2.67. The summed E-state index contributed by atoms with van der Waals surface area (Å²) in [5.41, 5.74) is -3.25. The van der Waals surface area contributed by atoms with Gasteiger partial charge in [0, 0.05) is 59.2 Å². The van der Waals surface area contributed by atoms with E-state index >= 15 is 0 Å². The van der Waals surface area contributed by atoms with E-state index < -0.39 is 211 Å². The molecule has 5 heterocycles. The third-order valence-electron chi connectivity index (χ3n) is 27.9. The Morgan fingerprint density at radius 3 is 1.21 bits per heavy atom. The van der Waals surface area contributed by atoms with Gasteiger partial charge in [-0.15, -0.1) is 0 Å². The van der Waals surface area contributed by atoms with Crippen LogP contribution in [0.1, 0.15) is 194 Å². The number of esters is 6. The molecule has 0 N–H and O–H groups in total. The number of hydrogen-bond donors (Lipinski definition) is 0. The van der Waals surface area contributed by atoms with E-state index in [-0.39, 0.29) is 84.6 Å². The lowest BCUT2D eigenvalue weighted by Crippen LogP contribution is -2.51. The maximum Gasteiger partial charge on any atom is 0.393 e. The largest absolute Gasteiger partial charge is 0.468 e. The molecule has 15 rings (SSSR count). The van der Waals surface area contributed by atoms with E-state index in [0.29, 0.717) is 57.8 Å². The van der Waals surface area contributed by atoms with Crippen molar-refractivity contribution in [3.63, 3.8) is 0 Å². The maximum atomic E-state index is 13.4. The van der Waals surface area contributed by atoms with Crippen LogP contribution >= 0.6 is 0 Å². The Morgan fingerprint density at radius 1 is 0.435 bits per heavy atom. The minimum Gasteiger partial charge on any atom is -0.468 e. The van der Waals surface area contributed by atoms with Gasteiger partial charge in [0.15, 0.2) is 9.49 Å². The third-order valence-corrected chi connectivity index (χ3v) is 37.5. The molecule has 0 amide bonds. The van der Waals surface area contributed by atoms with Gasteiger partial charge in [0.2, 0.25) is 0 Å². The van der Waals surface area contributed by atoms with Crippen LogP contribution in [-0.2, 0) is 129 Å². The molecule has 608 valence electrons. The van der Waals surface area contributed by atoms with Crippen molar-refractivity contribution in [2.75, 3.05) is 7.11 Å². The molecule has 0 aromatic heterocycles. The highest BCUT2D eigenvalue weighted by molar-refractivity contribution is 7.89. The van der Waals surface area contributed by atoms with Crippen LogP contribution in [0.5, 0.6) is 0 Å². The van der Waals surface area contributed by atoms with Gasteiger partial charge in [0.1, 0.15) is 76.3 Å². The Kier molecular flexibility index (Phi) is 21.4. The average Bonchev–Trinajstić information content (AvgIpc) is 1.56. The Hall–Kier alpha value is -4.86. The molecule has 27 unspecified atom stereocenters. The second kappa shape index (κ2) is 27.4. The van der Waals surface area contributed by atoms with E-state index in [9.17, 15) is 94.6 Å². The van der Waals surface area contributed by atoms with Crippen LogP contribution in [0.4, 0.5) is 13.2 Å². The number of nitriles is 2. The topological polar surface area (TPSA) is 422 Å². The Balaban J connectivity index is 0.000000134. The number of carbonyl (C=O) groups is 6. The summed E-state index contributed by atoms with van der Waals surface area (Å²) in [6.07, 6.45) is -5.19. The quantitative estimate of drug-likeness (QED) is 0.0810. The van der Waals surface area contributed by atoms with Crippen molar-refractivity contribution in [2.45, 2.75) is 286 Å². The van der Waals surface area contributed by atoms with E-state index in [1.54, 1.807) is 69.2 Å². The molecule has 29 nitrogen and oxygen atoms in total. The van der Waals surface area contributed by atoms with Crippen LogP contribution in [0.25, 0.3) is 0 Å². The Morgan fingerprint density at radius 2 is 0.787 bits per heavy atom. The van der Waals surface area contributed by atoms with Crippen molar-refractivity contribution in [1.29, 1.82) is 10.5 Å². The van der Waals surface area contributed by atoms with Crippen LogP contribution in [0.3, 0.4) is 0 Å². The molecule has 0 spiro atoms. The summed E-state index contributed by atoms with van der Waals surface area (Å²) >= 11 is 0. The SMILES string of the molecule is CCC(C)(C)C(=O)OC1C2CC3C1OS(=O)(=O)C3(C#N)C2.CCC(C)(C)C(=O)OC1C2CC3C1OS(=O)(=O)C3(C(=O)OC)C2.CCC(C)(C)C(=O)OC1C2CC3C1OS(=O)(=O)C3(C)C2.CCC(C)(C)C(=O)OC1C2CC3C1OS(=O)(=O)C3C2C#N.CCC(C)(C)C(=O)OC1C2CC3C1OS(=O)(=O)C3C2C(F)(F)F. The van der Waals surface area contributed by atoms with Crippen molar-refractivity contribution in [3.8, 4) is 12.1 Å². The fourth-order valence-corrected chi connectivity index (χ4v) is 29.0. The first-order chi connectivity index (χ1) is 49.5. The number of hydrogen-bond acceptors (Lipinski definition) is 29.